The normalized spacial score (nSPS) is 12.0. The van der Waals surface area contributed by atoms with Crippen molar-refractivity contribution < 1.29 is 19.1 Å². The molecular formula is C22H28N3O4+. The van der Waals surface area contributed by atoms with E-state index in [-0.39, 0.29) is 5.56 Å². The van der Waals surface area contributed by atoms with Crippen LogP contribution in [0.25, 0.3) is 10.9 Å². The molecule has 1 aromatic heterocycles. The smallest absolute Gasteiger partial charge is 0.259 e. The van der Waals surface area contributed by atoms with E-state index in [0.717, 1.165) is 25.3 Å². The molecule has 29 heavy (non-hydrogen) atoms. The Morgan fingerprint density at radius 1 is 1.07 bits per heavy atom. The molecule has 0 radical (unpaired) electrons. The molecule has 2 aromatic carbocycles. The topological polar surface area (TPSA) is 77.9 Å². The fourth-order valence-electron chi connectivity index (χ4n) is 3.25. The van der Waals surface area contributed by atoms with Gasteiger partial charge >= 0.3 is 0 Å². The second kappa shape index (κ2) is 9.93. The highest BCUT2D eigenvalue weighted by atomic mass is 16.5. The van der Waals surface area contributed by atoms with Crippen LogP contribution in [-0.2, 0) is 6.54 Å². The number of nitrogens with one attached hydrogen (secondary N) is 2. The van der Waals surface area contributed by atoms with Gasteiger partial charge in [-0.25, -0.2) is 4.98 Å². The van der Waals surface area contributed by atoms with Crippen LogP contribution in [-0.4, -0.2) is 43.9 Å². The molecular weight excluding hydrogens is 370 g/mol. The van der Waals surface area contributed by atoms with E-state index in [9.17, 15) is 4.79 Å². The molecule has 1 atom stereocenters. The van der Waals surface area contributed by atoms with E-state index < -0.39 is 0 Å². The van der Waals surface area contributed by atoms with Crippen molar-refractivity contribution in [1.29, 1.82) is 0 Å². The lowest BCUT2D eigenvalue weighted by Crippen LogP contribution is -3.10. The molecule has 0 bridgehead atoms. The van der Waals surface area contributed by atoms with E-state index in [0.29, 0.717) is 41.4 Å². The van der Waals surface area contributed by atoms with Crippen LogP contribution in [0.5, 0.6) is 17.2 Å². The van der Waals surface area contributed by atoms with Gasteiger partial charge in [0.2, 0.25) is 0 Å². The number of aromatic amines is 1. The average molecular weight is 398 g/mol. The van der Waals surface area contributed by atoms with E-state index in [2.05, 4.69) is 16.9 Å². The number of quaternary nitrogens is 1. The molecule has 2 N–H and O–H groups in total. The standard InChI is InChI=1S/C22H27N3O4/c1-4-25(11-8-12-29-16-9-6-5-7-10-16)15-21-23-18-14-20(28-3)19(27-2)13-17(18)22(26)24-21/h5-7,9-10,13-14H,4,8,11-12,15H2,1-3H3,(H,23,24,26)/p+1. The predicted octanol–water partition coefficient (Wildman–Crippen LogP) is 1.81. The number of methoxy groups -OCH3 is 2. The van der Waals surface area contributed by atoms with E-state index in [1.165, 1.54) is 4.90 Å². The van der Waals surface area contributed by atoms with Gasteiger partial charge in [-0.1, -0.05) is 18.2 Å². The van der Waals surface area contributed by atoms with Crippen molar-refractivity contribution in [2.24, 2.45) is 0 Å². The van der Waals surface area contributed by atoms with Crippen molar-refractivity contribution in [3.63, 3.8) is 0 Å². The summed E-state index contributed by atoms with van der Waals surface area (Å²) < 4.78 is 16.4. The number of aromatic nitrogens is 2. The van der Waals surface area contributed by atoms with Crippen LogP contribution < -0.4 is 24.7 Å². The van der Waals surface area contributed by atoms with Crippen LogP contribution in [0.3, 0.4) is 0 Å². The van der Waals surface area contributed by atoms with Crippen LogP contribution in [0, 0.1) is 0 Å². The number of ether oxygens (including phenoxy) is 3. The summed E-state index contributed by atoms with van der Waals surface area (Å²) in [5, 5.41) is 0.487. The summed E-state index contributed by atoms with van der Waals surface area (Å²) in [5.74, 6) is 2.62. The first kappa shape index (κ1) is 20.7. The summed E-state index contributed by atoms with van der Waals surface area (Å²) >= 11 is 0. The molecule has 1 heterocycles. The molecule has 7 nitrogen and oxygen atoms in total. The molecule has 154 valence electrons. The lowest BCUT2D eigenvalue weighted by atomic mass is 10.2. The zero-order valence-electron chi connectivity index (χ0n) is 17.2. The Balaban J connectivity index is 1.66. The van der Waals surface area contributed by atoms with Gasteiger partial charge in [-0.3, -0.25) is 4.79 Å². The first-order valence-electron chi connectivity index (χ1n) is 9.81. The third-order valence-electron chi connectivity index (χ3n) is 4.86. The minimum atomic E-state index is -0.172. The van der Waals surface area contributed by atoms with Crippen molar-refractivity contribution in [2.75, 3.05) is 33.9 Å². The Morgan fingerprint density at radius 2 is 1.79 bits per heavy atom. The Labute approximate surface area is 170 Å². The van der Waals surface area contributed by atoms with Gasteiger partial charge < -0.3 is 24.1 Å². The van der Waals surface area contributed by atoms with Crippen molar-refractivity contribution in [3.05, 3.63) is 58.6 Å². The largest absolute Gasteiger partial charge is 0.493 e. The molecule has 3 rings (SSSR count). The van der Waals surface area contributed by atoms with Gasteiger partial charge in [0.1, 0.15) is 12.3 Å². The molecule has 0 aliphatic carbocycles. The van der Waals surface area contributed by atoms with Crippen molar-refractivity contribution in [3.8, 4) is 17.2 Å². The molecule has 3 aromatic rings. The minimum absolute atomic E-state index is 0.172. The SMILES string of the molecule is CC[NH+](CCCOc1ccccc1)Cc1nc2cc(OC)c(OC)cc2c(=O)[nH]1. The number of hydrogen-bond acceptors (Lipinski definition) is 5. The predicted molar refractivity (Wildman–Crippen MR) is 112 cm³/mol. The number of para-hydroxylation sites is 1. The third kappa shape index (κ3) is 5.26. The number of fused-ring (bicyclic) bond motifs is 1. The minimum Gasteiger partial charge on any atom is -0.493 e. The Morgan fingerprint density at radius 3 is 2.48 bits per heavy atom. The maximum Gasteiger partial charge on any atom is 0.259 e. The highest BCUT2D eigenvalue weighted by Gasteiger charge is 2.14. The summed E-state index contributed by atoms with van der Waals surface area (Å²) in [4.78, 5) is 21.4. The number of H-pyrrole nitrogens is 1. The fraction of sp³-hybridized carbons (Fsp3) is 0.364. The van der Waals surface area contributed by atoms with Crippen LogP contribution in [0.4, 0.5) is 0 Å². The van der Waals surface area contributed by atoms with Gasteiger partial charge in [-0.15, -0.1) is 0 Å². The number of hydrogen-bond donors (Lipinski definition) is 2. The van der Waals surface area contributed by atoms with Crippen molar-refractivity contribution >= 4 is 10.9 Å². The first-order chi connectivity index (χ1) is 14.1. The average Bonchev–Trinajstić information content (AvgIpc) is 2.75. The van der Waals surface area contributed by atoms with Crippen LogP contribution in [0.1, 0.15) is 19.2 Å². The lowest BCUT2D eigenvalue weighted by Gasteiger charge is -2.17. The molecule has 0 amide bonds. The van der Waals surface area contributed by atoms with Gasteiger partial charge in [0.15, 0.2) is 17.3 Å². The Kier molecular flexibility index (Phi) is 7.08. The zero-order valence-corrected chi connectivity index (χ0v) is 17.2. The highest BCUT2D eigenvalue weighted by molar-refractivity contribution is 5.81. The molecule has 0 aliphatic rings. The molecule has 0 spiro atoms. The molecule has 0 saturated heterocycles. The lowest BCUT2D eigenvalue weighted by molar-refractivity contribution is -0.912. The van der Waals surface area contributed by atoms with E-state index in [1.807, 2.05) is 30.3 Å². The van der Waals surface area contributed by atoms with E-state index >= 15 is 0 Å². The molecule has 7 heteroatoms. The first-order valence-corrected chi connectivity index (χ1v) is 9.81. The number of nitrogens with zero attached hydrogens (tertiary/aromatic N) is 1. The summed E-state index contributed by atoms with van der Waals surface area (Å²) in [5.41, 5.74) is 0.429. The highest BCUT2D eigenvalue weighted by Crippen LogP contribution is 2.29. The zero-order chi connectivity index (χ0) is 20.6. The summed E-state index contributed by atoms with van der Waals surface area (Å²) in [6.45, 7) is 5.28. The van der Waals surface area contributed by atoms with Crippen molar-refractivity contribution in [1.82, 2.24) is 9.97 Å². The van der Waals surface area contributed by atoms with Crippen molar-refractivity contribution in [2.45, 2.75) is 19.9 Å². The van der Waals surface area contributed by atoms with Gasteiger partial charge in [0.05, 0.1) is 44.8 Å². The Bertz CT molecular complexity index is 989. The van der Waals surface area contributed by atoms with Gasteiger partial charge in [0, 0.05) is 12.5 Å². The maximum atomic E-state index is 12.5. The van der Waals surface area contributed by atoms with Gasteiger partial charge in [0.25, 0.3) is 5.56 Å². The van der Waals surface area contributed by atoms with Crippen LogP contribution >= 0.6 is 0 Å². The fourth-order valence-corrected chi connectivity index (χ4v) is 3.25. The van der Waals surface area contributed by atoms with Crippen LogP contribution in [0.15, 0.2) is 47.3 Å². The second-order valence-electron chi connectivity index (χ2n) is 6.78. The quantitative estimate of drug-likeness (QED) is 0.510. The summed E-state index contributed by atoms with van der Waals surface area (Å²) in [7, 11) is 3.11. The third-order valence-corrected chi connectivity index (χ3v) is 4.86. The summed E-state index contributed by atoms with van der Waals surface area (Å²) in [6.07, 6.45) is 0.918. The van der Waals surface area contributed by atoms with Gasteiger partial charge in [-0.2, -0.15) is 0 Å². The maximum absolute atomic E-state index is 12.5. The molecule has 1 unspecified atom stereocenters. The monoisotopic (exact) mass is 398 g/mol. The molecule has 0 fully saturated rings. The molecule has 0 saturated carbocycles. The number of benzene rings is 2. The number of rotatable bonds is 10. The summed E-state index contributed by atoms with van der Waals surface area (Å²) in [6, 6.07) is 13.2. The van der Waals surface area contributed by atoms with Gasteiger partial charge in [-0.05, 0) is 25.1 Å². The van der Waals surface area contributed by atoms with E-state index in [1.54, 1.807) is 26.4 Å². The van der Waals surface area contributed by atoms with Crippen LogP contribution in [0.2, 0.25) is 0 Å². The Hall–Kier alpha value is -3.06. The van der Waals surface area contributed by atoms with E-state index in [4.69, 9.17) is 14.2 Å². The second-order valence-corrected chi connectivity index (χ2v) is 6.78. The molecule has 0 aliphatic heterocycles.